The van der Waals surface area contributed by atoms with E-state index < -0.39 is 5.91 Å². The smallest absolute Gasteiger partial charge is 0.267 e. The van der Waals surface area contributed by atoms with Crippen molar-refractivity contribution in [3.05, 3.63) is 41.5 Å². The number of rotatable bonds is 5. The summed E-state index contributed by atoms with van der Waals surface area (Å²) in [7, 11) is 0. The highest BCUT2D eigenvalue weighted by molar-refractivity contribution is 5.90. The Hall–Kier alpha value is -2.18. The van der Waals surface area contributed by atoms with E-state index in [2.05, 4.69) is 25.7 Å². The predicted octanol–water partition coefficient (Wildman–Crippen LogP) is 2.29. The van der Waals surface area contributed by atoms with Gasteiger partial charge in [-0.15, -0.1) is 0 Å². The molecule has 1 aromatic rings. The molecule has 1 aromatic carbocycles. The minimum absolute atomic E-state index is 0.0300. The maximum absolute atomic E-state index is 12.3. The molecule has 1 saturated heterocycles. The number of hydroxylamine groups is 1. The number of carbonyl (C=O) groups excluding carboxylic acids is 2. The van der Waals surface area contributed by atoms with Crippen molar-refractivity contribution in [3.63, 3.8) is 0 Å². The lowest BCUT2D eigenvalue weighted by Gasteiger charge is -2.36. The molecule has 1 aliphatic rings. The Labute approximate surface area is 155 Å². The lowest BCUT2D eigenvalue weighted by molar-refractivity contribution is -0.134. The normalized spacial score (nSPS) is 16.1. The van der Waals surface area contributed by atoms with Gasteiger partial charge in [-0.1, -0.05) is 45.0 Å². The first-order valence-corrected chi connectivity index (χ1v) is 8.98. The van der Waals surface area contributed by atoms with Gasteiger partial charge in [-0.2, -0.15) is 0 Å². The van der Waals surface area contributed by atoms with Gasteiger partial charge in [0.05, 0.1) is 0 Å². The highest BCUT2D eigenvalue weighted by atomic mass is 16.5. The Bertz CT molecular complexity index is 639. The third-order valence-electron chi connectivity index (χ3n) is 4.33. The number of carbonyl (C=O) groups is 2. The topological polar surface area (TPSA) is 72.9 Å². The first-order chi connectivity index (χ1) is 12.3. The van der Waals surface area contributed by atoms with Crippen LogP contribution >= 0.6 is 0 Å². The summed E-state index contributed by atoms with van der Waals surface area (Å²) in [5, 5.41) is 8.47. The second-order valence-corrected chi connectivity index (χ2v) is 7.95. The second kappa shape index (κ2) is 8.96. The third kappa shape index (κ3) is 6.61. The molecule has 0 radical (unpaired) electrons. The van der Waals surface area contributed by atoms with Gasteiger partial charge in [-0.25, -0.2) is 5.48 Å². The van der Waals surface area contributed by atoms with Gasteiger partial charge in [0.1, 0.15) is 0 Å². The van der Waals surface area contributed by atoms with Crippen LogP contribution in [0.4, 0.5) is 0 Å². The van der Waals surface area contributed by atoms with Crippen molar-refractivity contribution in [1.82, 2.24) is 15.3 Å². The zero-order chi connectivity index (χ0) is 19.2. The molecule has 142 valence electrons. The summed E-state index contributed by atoms with van der Waals surface area (Å²) in [5.41, 5.74) is 3.69. The van der Waals surface area contributed by atoms with Gasteiger partial charge in [-0.3, -0.25) is 19.7 Å². The first kappa shape index (κ1) is 20.1. The molecule has 1 aliphatic heterocycles. The minimum atomic E-state index is -0.548. The molecule has 2 amide bonds. The number of amides is 2. The van der Waals surface area contributed by atoms with Crippen LogP contribution in [0.2, 0.25) is 0 Å². The van der Waals surface area contributed by atoms with Crippen molar-refractivity contribution >= 4 is 17.9 Å². The molecule has 0 aliphatic carbocycles. The molecule has 6 heteroatoms. The van der Waals surface area contributed by atoms with Gasteiger partial charge in [0.2, 0.25) is 5.91 Å². The van der Waals surface area contributed by atoms with Crippen LogP contribution in [-0.4, -0.2) is 53.0 Å². The Morgan fingerprint density at radius 3 is 2.27 bits per heavy atom. The summed E-state index contributed by atoms with van der Waals surface area (Å²) in [6, 6.07) is 7.96. The molecule has 2 N–H and O–H groups in total. The molecule has 1 heterocycles. The van der Waals surface area contributed by atoms with Crippen LogP contribution in [0.15, 0.2) is 30.3 Å². The summed E-state index contributed by atoms with van der Waals surface area (Å²) in [6.07, 6.45) is 3.52. The van der Waals surface area contributed by atoms with Crippen LogP contribution in [0.5, 0.6) is 0 Å². The Balaban J connectivity index is 1.81. The quantitative estimate of drug-likeness (QED) is 0.481. The van der Waals surface area contributed by atoms with Crippen molar-refractivity contribution in [2.24, 2.45) is 5.41 Å². The summed E-state index contributed by atoms with van der Waals surface area (Å²) in [5.74, 6) is -0.298. The average Bonchev–Trinajstić information content (AvgIpc) is 2.60. The van der Waals surface area contributed by atoms with Gasteiger partial charge in [0.15, 0.2) is 0 Å². The Morgan fingerprint density at radius 2 is 1.73 bits per heavy atom. The van der Waals surface area contributed by atoms with Crippen molar-refractivity contribution < 1.29 is 14.8 Å². The monoisotopic (exact) mass is 359 g/mol. The van der Waals surface area contributed by atoms with Crippen molar-refractivity contribution in [1.29, 1.82) is 0 Å². The third-order valence-corrected chi connectivity index (χ3v) is 4.33. The Kier molecular flexibility index (Phi) is 6.94. The van der Waals surface area contributed by atoms with E-state index in [1.54, 1.807) is 11.6 Å². The number of hydrogen-bond donors (Lipinski definition) is 2. The van der Waals surface area contributed by atoms with E-state index in [0.717, 1.165) is 38.3 Å². The maximum Gasteiger partial charge on any atom is 0.267 e. The maximum atomic E-state index is 12.3. The fourth-order valence-electron chi connectivity index (χ4n) is 2.92. The SMILES string of the molecule is CC(C)(C)CC(=O)N1CCN(Cc2ccc(/C=C/C(=O)NO)cc2)CC1. The molecule has 0 spiro atoms. The molecule has 6 nitrogen and oxygen atoms in total. The van der Waals surface area contributed by atoms with E-state index in [1.165, 1.54) is 11.6 Å². The van der Waals surface area contributed by atoms with Gasteiger partial charge >= 0.3 is 0 Å². The van der Waals surface area contributed by atoms with Crippen LogP contribution in [-0.2, 0) is 16.1 Å². The zero-order valence-electron chi connectivity index (χ0n) is 15.9. The minimum Gasteiger partial charge on any atom is -0.340 e. The Morgan fingerprint density at radius 1 is 1.12 bits per heavy atom. The van der Waals surface area contributed by atoms with Crippen molar-refractivity contribution in [2.45, 2.75) is 33.7 Å². The van der Waals surface area contributed by atoms with E-state index in [0.29, 0.717) is 6.42 Å². The molecule has 1 fully saturated rings. The number of hydrogen-bond acceptors (Lipinski definition) is 4. The molecule has 0 aromatic heterocycles. The molecule has 2 rings (SSSR count). The van der Waals surface area contributed by atoms with E-state index >= 15 is 0 Å². The van der Waals surface area contributed by atoms with Gasteiger partial charge in [0, 0.05) is 45.2 Å². The summed E-state index contributed by atoms with van der Waals surface area (Å²) >= 11 is 0. The molecule has 0 bridgehead atoms. The second-order valence-electron chi connectivity index (χ2n) is 7.95. The molecule has 0 saturated carbocycles. The van der Waals surface area contributed by atoms with Gasteiger partial charge < -0.3 is 4.90 Å². The fraction of sp³-hybridized carbons (Fsp3) is 0.500. The largest absolute Gasteiger partial charge is 0.340 e. The van der Waals surface area contributed by atoms with Crippen LogP contribution in [0, 0.1) is 5.41 Å². The van der Waals surface area contributed by atoms with Crippen LogP contribution < -0.4 is 5.48 Å². The summed E-state index contributed by atoms with van der Waals surface area (Å²) in [6.45, 7) is 10.5. The lowest BCUT2D eigenvalue weighted by atomic mass is 9.91. The van der Waals surface area contributed by atoms with Crippen LogP contribution in [0.1, 0.15) is 38.3 Å². The van der Waals surface area contributed by atoms with Gasteiger partial charge in [0.25, 0.3) is 5.91 Å². The standard InChI is InChI=1S/C20H29N3O3/c1-20(2,3)14-19(25)23-12-10-22(11-13-23)15-17-6-4-16(5-7-17)8-9-18(24)21-26/h4-9,26H,10-15H2,1-3H3,(H,21,24)/b9-8+. The van der Waals surface area contributed by atoms with Crippen LogP contribution in [0.3, 0.4) is 0 Å². The highest BCUT2D eigenvalue weighted by Gasteiger charge is 2.24. The number of piperazine rings is 1. The summed E-state index contributed by atoms with van der Waals surface area (Å²) in [4.78, 5) is 27.6. The van der Waals surface area contributed by atoms with Gasteiger partial charge in [-0.05, 0) is 22.6 Å². The number of nitrogens with one attached hydrogen (secondary N) is 1. The molecular weight excluding hydrogens is 330 g/mol. The number of benzene rings is 1. The molecule has 0 atom stereocenters. The lowest BCUT2D eigenvalue weighted by Crippen LogP contribution is -2.48. The molecular formula is C20H29N3O3. The highest BCUT2D eigenvalue weighted by Crippen LogP contribution is 2.20. The number of nitrogens with zero attached hydrogens (tertiary/aromatic N) is 2. The predicted molar refractivity (Wildman–Crippen MR) is 101 cm³/mol. The van der Waals surface area contributed by atoms with E-state index in [4.69, 9.17) is 5.21 Å². The van der Waals surface area contributed by atoms with E-state index in [1.807, 2.05) is 29.2 Å². The molecule has 0 unspecified atom stereocenters. The average molecular weight is 359 g/mol. The fourth-order valence-corrected chi connectivity index (χ4v) is 2.92. The van der Waals surface area contributed by atoms with Crippen LogP contribution in [0.25, 0.3) is 6.08 Å². The van der Waals surface area contributed by atoms with Crippen molar-refractivity contribution in [3.8, 4) is 0 Å². The van der Waals surface area contributed by atoms with E-state index in [9.17, 15) is 9.59 Å². The zero-order valence-corrected chi connectivity index (χ0v) is 15.9. The van der Waals surface area contributed by atoms with Crippen molar-refractivity contribution in [2.75, 3.05) is 26.2 Å². The summed E-state index contributed by atoms with van der Waals surface area (Å²) < 4.78 is 0. The first-order valence-electron chi connectivity index (χ1n) is 8.98. The molecule has 26 heavy (non-hydrogen) atoms. The van der Waals surface area contributed by atoms with E-state index in [-0.39, 0.29) is 11.3 Å².